The highest BCUT2D eigenvalue weighted by atomic mass is 15.2. The van der Waals surface area contributed by atoms with Gasteiger partial charge in [0.1, 0.15) is 0 Å². The minimum Gasteiger partial charge on any atom is -0.311 e. The van der Waals surface area contributed by atoms with Gasteiger partial charge in [0.15, 0.2) is 0 Å². The molecule has 0 bridgehead atoms. The summed E-state index contributed by atoms with van der Waals surface area (Å²) >= 11 is 0. The Morgan fingerprint density at radius 3 is 1.53 bits per heavy atom. The zero-order chi connectivity index (χ0) is 54.1. The number of benzene rings is 7. The molecule has 12 rings (SSSR count). The molecular formula is C70H79BN2. The number of anilines is 6. The van der Waals surface area contributed by atoms with Gasteiger partial charge in [0.05, 0.1) is 5.69 Å². The van der Waals surface area contributed by atoms with Gasteiger partial charge in [0.2, 0.25) is 0 Å². The van der Waals surface area contributed by atoms with Gasteiger partial charge in [-0.25, -0.2) is 0 Å². The molecule has 0 radical (unpaired) electrons. The van der Waals surface area contributed by atoms with Crippen molar-refractivity contribution >= 4 is 57.2 Å². The fraction of sp³-hybridized carbons (Fsp3) is 0.400. The van der Waals surface area contributed by atoms with Gasteiger partial charge in [-0.1, -0.05) is 189 Å². The van der Waals surface area contributed by atoms with E-state index >= 15 is 0 Å². The van der Waals surface area contributed by atoms with E-state index in [9.17, 15) is 0 Å². The summed E-state index contributed by atoms with van der Waals surface area (Å²) in [4.78, 5) is 5.15. The summed E-state index contributed by atoms with van der Waals surface area (Å²) in [7, 11) is 0. The topological polar surface area (TPSA) is 6.48 Å². The molecule has 0 N–H and O–H groups in total. The minimum absolute atomic E-state index is 0.0157. The normalized spacial score (nSPS) is 20.6. The summed E-state index contributed by atoms with van der Waals surface area (Å²) in [5.41, 5.74) is 24.4. The van der Waals surface area contributed by atoms with Crippen molar-refractivity contribution in [2.24, 2.45) is 0 Å². The van der Waals surface area contributed by atoms with Crippen molar-refractivity contribution in [3.63, 3.8) is 0 Å². The van der Waals surface area contributed by atoms with E-state index in [0.29, 0.717) is 0 Å². The lowest BCUT2D eigenvalue weighted by molar-refractivity contribution is 0.332. The largest absolute Gasteiger partial charge is 0.311 e. The summed E-state index contributed by atoms with van der Waals surface area (Å²) < 4.78 is 26.7. The first-order valence-corrected chi connectivity index (χ1v) is 27.5. The van der Waals surface area contributed by atoms with Crippen molar-refractivity contribution in [1.29, 1.82) is 0 Å². The van der Waals surface area contributed by atoms with Crippen molar-refractivity contribution < 1.29 is 4.11 Å². The molecule has 0 atom stereocenters. The summed E-state index contributed by atoms with van der Waals surface area (Å²) in [5.74, 6) is 0. The zero-order valence-corrected chi connectivity index (χ0v) is 46.4. The van der Waals surface area contributed by atoms with E-state index in [2.05, 4.69) is 240 Å². The van der Waals surface area contributed by atoms with Crippen LogP contribution in [-0.4, -0.2) is 6.71 Å². The molecule has 3 aliphatic carbocycles. The van der Waals surface area contributed by atoms with Crippen LogP contribution in [0, 0.1) is 0 Å². The fourth-order valence-corrected chi connectivity index (χ4v) is 14.9. The molecule has 0 saturated heterocycles. The van der Waals surface area contributed by atoms with Crippen LogP contribution >= 0.6 is 0 Å². The molecule has 73 heavy (non-hydrogen) atoms. The van der Waals surface area contributed by atoms with Gasteiger partial charge < -0.3 is 9.80 Å². The molecule has 0 fully saturated rings. The summed E-state index contributed by atoms with van der Waals surface area (Å²) in [5, 5.41) is 0. The lowest BCUT2D eigenvalue weighted by atomic mass is 9.32. The lowest BCUT2D eigenvalue weighted by Gasteiger charge is -2.48. The van der Waals surface area contributed by atoms with Crippen LogP contribution in [0.25, 0.3) is 11.1 Å². The van der Waals surface area contributed by atoms with Gasteiger partial charge in [0, 0.05) is 43.5 Å². The molecule has 5 aliphatic rings. The molecule has 2 aliphatic heterocycles. The maximum Gasteiger partial charge on any atom is 0.252 e. The van der Waals surface area contributed by atoms with Crippen molar-refractivity contribution in [3.8, 4) is 11.1 Å². The van der Waals surface area contributed by atoms with Gasteiger partial charge in [0.25, 0.3) is 6.71 Å². The molecular weight excluding hydrogens is 880 g/mol. The molecule has 0 aromatic heterocycles. The molecule has 372 valence electrons. The SMILES string of the molecule is [2H]C([2H])([2H])Cc1cc2c3c(c1)N(c1ccc(C(C)(C)c4ccccc4)cc1-c1ccccc1)c1cc4c(cc1B3c1cc3c(cc1N2c1ccc2c(c1)C(C)(C)CCC2(C)C)C(C)(C)CCC3(C)C)C(C)(C)CC4(C)C. The van der Waals surface area contributed by atoms with Crippen LogP contribution in [0.2, 0.25) is 0 Å². The van der Waals surface area contributed by atoms with E-state index in [0.717, 1.165) is 71.5 Å². The number of aryl methyl sites for hydroxylation is 1. The molecule has 2 nitrogen and oxygen atoms in total. The Kier molecular flexibility index (Phi) is 9.71. The number of fused-ring (bicyclic) bond motifs is 7. The van der Waals surface area contributed by atoms with Gasteiger partial charge in [-0.15, -0.1) is 0 Å². The second kappa shape index (κ2) is 15.9. The Labute approximate surface area is 444 Å². The van der Waals surface area contributed by atoms with Gasteiger partial charge in [-0.3, -0.25) is 0 Å². The minimum atomic E-state index is -2.19. The smallest absolute Gasteiger partial charge is 0.252 e. The Hall–Kier alpha value is -5.80. The second-order valence-corrected chi connectivity index (χ2v) is 27.5. The first kappa shape index (κ1) is 44.7. The van der Waals surface area contributed by atoms with Crippen molar-refractivity contribution in [3.05, 3.63) is 184 Å². The Morgan fingerprint density at radius 1 is 0.452 bits per heavy atom. The van der Waals surface area contributed by atoms with E-state index in [1.807, 2.05) is 0 Å². The van der Waals surface area contributed by atoms with Crippen LogP contribution in [0.5, 0.6) is 0 Å². The monoisotopic (exact) mass is 962 g/mol. The van der Waals surface area contributed by atoms with E-state index in [4.69, 9.17) is 4.11 Å². The number of rotatable bonds is 6. The van der Waals surface area contributed by atoms with Crippen LogP contribution < -0.4 is 26.2 Å². The second-order valence-electron chi connectivity index (χ2n) is 27.5. The van der Waals surface area contributed by atoms with Crippen LogP contribution in [0.3, 0.4) is 0 Å². The first-order valence-electron chi connectivity index (χ1n) is 29.0. The van der Waals surface area contributed by atoms with E-state index in [1.54, 1.807) is 0 Å². The van der Waals surface area contributed by atoms with E-state index in [1.165, 1.54) is 72.3 Å². The Morgan fingerprint density at radius 2 is 0.945 bits per heavy atom. The summed E-state index contributed by atoms with van der Waals surface area (Å²) in [6.07, 6.45) is 5.50. The number of nitrogens with zero attached hydrogens (tertiary/aromatic N) is 2. The van der Waals surface area contributed by atoms with Gasteiger partial charge in [-0.05, 0) is 192 Å². The molecule has 2 heterocycles. The predicted octanol–water partition coefficient (Wildman–Crippen LogP) is 17.0. The molecule has 0 unspecified atom stereocenters. The average Bonchev–Trinajstić information content (AvgIpc) is 3.66. The van der Waals surface area contributed by atoms with Crippen molar-refractivity contribution in [2.75, 3.05) is 9.80 Å². The van der Waals surface area contributed by atoms with Crippen LogP contribution in [0.15, 0.2) is 133 Å². The predicted molar refractivity (Wildman–Crippen MR) is 315 cm³/mol. The first-order chi connectivity index (χ1) is 35.5. The van der Waals surface area contributed by atoms with Crippen LogP contribution in [0.1, 0.15) is 190 Å². The van der Waals surface area contributed by atoms with Crippen molar-refractivity contribution in [2.45, 2.75) is 180 Å². The van der Waals surface area contributed by atoms with Crippen LogP contribution in [-0.2, 0) is 44.3 Å². The molecule has 0 saturated carbocycles. The highest BCUT2D eigenvalue weighted by Gasteiger charge is 2.50. The number of hydrogen-bond acceptors (Lipinski definition) is 2. The highest BCUT2D eigenvalue weighted by molar-refractivity contribution is 7.00. The third-order valence-electron chi connectivity index (χ3n) is 19.4. The lowest BCUT2D eigenvalue weighted by Crippen LogP contribution is -2.62. The molecule has 3 heteroatoms. The maximum atomic E-state index is 8.89. The van der Waals surface area contributed by atoms with E-state index in [-0.39, 0.29) is 51.0 Å². The third-order valence-corrected chi connectivity index (χ3v) is 19.4. The summed E-state index contributed by atoms with van der Waals surface area (Å²) in [6, 6.07) is 51.3. The van der Waals surface area contributed by atoms with Gasteiger partial charge >= 0.3 is 0 Å². The van der Waals surface area contributed by atoms with Crippen molar-refractivity contribution in [1.82, 2.24) is 0 Å². The standard InChI is InChI=1S/C70H79BN2/c1-16-44-35-61-63-62(36-44)73(58-30-27-47(37-49(58)45-23-19-17-20-24-45)70(14,15)46-25-21-18-22-26-46)60-42-55-53(68(10,11)43-69(55,12)13)40-57(60)71(63)56-39-52-54(67(8,9)34-33-66(52,6)7)41-59(56)72(61)48-28-29-50-51(38-48)65(4,5)32-31-64(50,2)3/h17-30,35-42H,16,31-34,43H2,1-15H3/i1D3. The van der Waals surface area contributed by atoms with Crippen LogP contribution in [0.4, 0.5) is 34.1 Å². The molecule has 0 amide bonds. The quantitative estimate of drug-likeness (QED) is 0.153. The maximum absolute atomic E-state index is 8.89. The van der Waals surface area contributed by atoms with E-state index < -0.39 is 6.85 Å². The zero-order valence-electron chi connectivity index (χ0n) is 49.4. The third kappa shape index (κ3) is 7.24. The molecule has 7 aromatic carbocycles. The Bertz CT molecular complexity index is 3520. The van der Waals surface area contributed by atoms with Gasteiger partial charge in [-0.2, -0.15) is 0 Å². The Balaban J connectivity index is 1.23. The summed E-state index contributed by atoms with van der Waals surface area (Å²) in [6.45, 7) is 31.6. The average molecular weight is 962 g/mol. The number of hydrogen-bond donors (Lipinski definition) is 0. The highest BCUT2D eigenvalue weighted by Crippen LogP contribution is 2.56. The fourth-order valence-electron chi connectivity index (χ4n) is 14.9. The molecule has 7 aromatic rings. The molecule has 0 spiro atoms.